The molecule has 1 fully saturated rings. The van der Waals surface area contributed by atoms with Crippen molar-refractivity contribution in [1.29, 1.82) is 0 Å². The van der Waals surface area contributed by atoms with Crippen molar-refractivity contribution in [1.82, 2.24) is 24.9 Å². The van der Waals surface area contributed by atoms with Gasteiger partial charge in [0.1, 0.15) is 6.33 Å². The second-order valence-electron chi connectivity index (χ2n) is 4.20. The average Bonchev–Trinajstić information content (AvgIpc) is 2.86. The molecule has 6 nitrogen and oxygen atoms in total. The van der Waals surface area contributed by atoms with Gasteiger partial charge in [-0.05, 0) is 6.92 Å². The van der Waals surface area contributed by atoms with E-state index in [1.165, 1.54) is 0 Å². The van der Waals surface area contributed by atoms with Gasteiger partial charge in [-0.1, -0.05) is 0 Å². The lowest BCUT2D eigenvalue weighted by molar-refractivity contribution is -0.0124. The summed E-state index contributed by atoms with van der Waals surface area (Å²) < 4.78 is 1.63. The highest BCUT2D eigenvalue weighted by atomic mass is 16.2. The van der Waals surface area contributed by atoms with E-state index in [9.17, 15) is 4.79 Å². The van der Waals surface area contributed by atoms with Gasteiger partial charge in [0.15, 0.2) is 0 Å². The van der Waals surface area contributed by atoms with Crippen LogP contribution in [-0.2, 0) is 0 Å². The lowest BCUT2D eigenvalue weighted by Crippen LogP contribution is -2.53. The number of piperazine rings is 1. The molecule has 1 N–H and O–H groups in total. The Morgan fingerprint density at radius 3 is 2.88 bits per heavy atom. The zero-order valence-electron chi connectivity index (χ0n) is 9.26. The second-order valence-corrected chi connectivity index (χ2v) is 4.20. The van der Waals surface area contributed by atoms with Crippen LogP contribution in [0, 0.1) is 0 Å². The summed E-state index contributed by atoms with van der Waals surface area (Å²) in [5.41, 5.74) is 0.975. The molecule has 2 aliphatic heterocycles. The van der Waals surface area contributed by atoms with Gasteiger partial charge in [0.2, 0.25) is 0 Å². The van der Waals surface area contributed by atoms with Gasteiger partial charge in [-0.25, -0.2) is 19.8 Å². The van der Waals surface area contributed by atoms with E-state index >= 15 is 0 Å². The predicted octanol–water partition coefficient (Wildman–Crippen LogP) is 0.0480. The first kappa shape index (κ1) is 9.80. The lowest BCUT2D eigenvalue weighted by Gasteiger charge is -2.36. The number of nitrogens with zero attached hydrogens (tertiary/aromatic N) is 4. The summed E-state index contributed by atoms with van der Waals surface area (Å²) in [7, 11) is 0. The van der Waals surface area contributed by atoms with E-state index in [4.69, 9.17) is 0 Å². The quantitative estimate of drug-likeness (QED) is 0.728. The summed E-state index contributed by atoms with van der Waals surface area (Å²) in [6.07, 6.45) is 3.36. The lowest BCUT2D eigenvalue weighted by atomic mass is 10.3. The Morgan fingerprint density at radius 1 is 1.44 bits per heavy atom. The fourth-order valence-electron chi connectivity index (χ4n) is 2.41. The maximum absolute atomic E-state index is 12.2. The number of rotatable bonds is 1. The van der Waals surface area contributed by atoms with Crippen LogP contribution in [0.5, 0.6) is 0 Å². The van der Waals surface area contributed by atoms with Crippen molar-refractivity contribution in [2.75, 3.05) is 26.2 Å². The van der Waals surface area contributed by atoms with Crippen molar-refractivity contribution >= 4 is 6.03 Å². The average molecular weight is 221 g/mol. The molecular weight excluding hydrogens is 206 g/mol. The van der Waals surface area contributed by atoms with Gasteiger partial charge in [0.05, 0.1) is 17.9 Å². The van der Waals surface area contributed by atoms with Gasteiger partial charge in [-0.2, -0.15) is 0 Å². The molecule has 1 atom stereocenters. The smallest absolute Gasteiger partial charge is 0.314 e. The summed E-state index contributed by atoms with van der Waals surface area (Å²) >= 11 is 0. The third-order valence-corrected chi connectivity index (χ3v) is 3.26. The molecule has 1 aromatic heterocycles. The molecule has 0 aromatic carbocycles. The van der Waals surface area contributed by atoms with Crippen LogP contribution < -0.4 is 5.32 Å². The minimum absolute atomic E-state index is 0.0156. The normalized spacial score (nSPS) is 26.2. The summed E-state index contributed by atoms with van der Waals surface area (Å²) in [4.78, 5) is 16.2. The van der Waals surface area contributed by atoms with Crippen LogP contribution in [0.1, 0.15) is 18.7 Å². The Balaban J connectivity index is 1.87. The SMILES string of the molecule is CC1c2cncn2C(=O)N1N1CCNCC1. The third kappa shape index (κ3) is 1.27. The second kappa shape index (κ2) is 3.57. The van der Waals surface area contributed by atoms with E-state index < -0.39 is 0 Å². The number of carbonyl (C=O) groups is 1. The Bertz CT molecular complexity index is 409. The fourth-order valence-corrected chi connectivity index (χ4v) is 2.41. The van der Waals surface area contributed by atoms with Crippen LogP contribution in [0.3, 0.4) is 0 Å². The van der Waals surface area contributed by atoms with Crippen molar-refractivity contribution in [3.8, 4) is 0 Å². The molecule has 0 radical (unpaired) electrons. The highest BCUT2D eigenvalue weighted by molar-refractivity contribution is 5.80. The largest absolute Gasteiger partial charge is 0.344 e. The molecule has 1 amide bonds. The van der Waals surface area contributed by atoms with Gasteiger partial charge < -0.3 is 5.32 Å². The number of fused-ring (bicyclic) bond motifs is 1. The van der Waals surface area contributed by atoms with Gasteiger partial charge in [0, 0.05) is 26.2 Å². The van der Waals surface area contributed by atoms with Crippen LogP contribution in [0.2, 0.25) is 0 Å². The predicted molar refractivity (Wildman–Crippen MR) is 57.7 cm³/mol. The first-order valence-electron chi connectivity index (χ1n) is 5.60. The van der Waals surface area contributed by atoms with E-state index in [0.717, 1.165) is 31.9 Å². The number of imidazole rings is 1. The summed E-state index contributed by atoms with van der Waals surface area (Å²) in [5.74, 6) is 0. The summed E-state index contributed by atoms with van der Waals surface area (Å²) in [6.45, 7) is 5.68. The molecule has 6 heteroatoms. The molecular formula is C10H15N5O. The number of carbonyl (C=O) groups excluding carboxylic acids is 1. The number of amides is 1. The molecule has 86 valence electrons. The maximum Gasteiger partial charge on any atom is 0.344 e. The van der Waals surface area contributed by atoms with E-state index in [2.05, 4.69) is 15.3 Å². The van der Waals surface area contributed by atoms with Crippen LogP contribution in [0.4, 0.5) is 4.79 Å². The molecule has 0 bridgehead atoms. The van der Waals surface area contributed by atoms with Gasteiger partial charge in [-0.3, -0.25) is 4.57 Å². The zero-order chi connectivity index (χ0) is 11.1. The number of nitrogens with one attached hydrogen (secondary N) is 1. The van der Waals surface area contributed by atoms with Crippen molar-refractivity contribution in [3.63, 3.8) is 0 Å². The summed E-state index contributed by atoms with van der Waals surface area (Å²) in [6, 6.07) is 0.106. The number of hydrogen-bond donors (Lipinski definition) is 1. The highest BCUT2D eigenvalue weighted by Gasteiger charge is 2.38. The number of aromatic nitrogens is 2. The molecule has 1 unspecified atom stereocenters. The van der Waals surface area contributed by atoms with Crippen molar-refractivity contribution in [3.05, 3.63) is 18.2 Å². The molecule has 1 saturated heterocycles. The van der Waals surface area contributed by atoms with Crippen LogP contribution in [0.25, 0.3) is 0 Å². The maximum atomic E-state index is 12.2. The van der Waals surface area contributed by atoms with Crippen LogP contribution >= 0.6 is 0 Å². The molecule has 0 aliphatic carbocycles. The Hall–Kier alpha value is -1.40. The van der Waals surface area contributed by atoms with E-state index in [1.54, 1.807) is 17.1 Å². The Labute approximate surface area is 93.8 Å². The van der Waals surface area contributed by atoms with E-state index in [0.29, 0.717) is 0 Å². The van der Waals surface area contributed by atoms with Gasteiger partial charge in [0.25, 0.3) is 0 Å². The minimum atomic E-state index is 0.0156. The number of hydrazine groups is 1. The fraction of sp³-hybridized carbons (Fsp3) is 0.600. The van der Waals surface area contributed by atoms with E-state index in [-0.39, 0.29) is 12.1 Å². The zero-order valence-corrected chi connectivity index (χ0v) is 9.26. The Morgan fingerprint density at radius 2 is 2.19 bits per heavy atom. The molecule has 0 saturated carbocycles. The molecule has 2 aliphatic rings. The van der Waals surface area contributed by atoms with Gasteiger partial charge in [-0.15, -0.1) is 0 Å². The monoisotopic (exact) mass is 221 g/mol. The highest BCUT2D eigenvalue weighted by Crippen LogP contribution is 2.29. The van der Waals surface area contributed by atoms with Crippen LogP contribution in [0.15, 0.2) is 12.5 Å². The minimum Gasteiger partial charge on any atom is -0.314 e. The molecule has 3 heterocycles. The number of hydrogen-bond acceptors (Lipinski definition) is 4. The molecule has 0 spiro atoms. The molecule has 16 heavy (non-hydrogen) atoms. The third-order valence-electron chi connectivity index (χ3n) is 3.26. The van der Waals surface area contributed by atoms with Gasteiger partial charge >= 0.3 is 6.03 Å². The van der Waals surface area contributed by atoms with Crippen molar-refractivity contribution in [2.45, 2.75) is 13.0 Å². The van der Waals surface area contributed by atoms with Crippen molar-refractivity contribution < 1.29 is 4.79 Å². The standard InChI is InChI=1S/C10H15N5O/c1-8-9-6-12-7-14(9)10(16)15(8)13-4-2-11-3-5-13/h6-8,11H,2-5H2,1H3. The molecule has 1 aromatic rings. The van der Waals surface area contributed by atoms with E-state index in [1.807, 2.05) is 11.9 Å². The first-order valence-corrected chi connectivity index (χ1v) is 5.60. The topological polar surface area (TPSA) is 53.4 Å². The first-order chi connectivity index (χ1) is 7.79. The van der Waals surface area contributed by atoms with Crippen LogP contribution in [-0.4, -0.2) is 51.8 Å². The van der Waals surface area contributed by atoms with Crippen molar-refractivity contribution in [2.24, 2.45) is 0 Å². The Kier molecular flexibility index (Phi) is 2.19. The molecule has 3 rings (SSSR count). The summed E-state index contributed by atoms with van der Waals surface area (Å²) in [5, 5.41) is 7.25.